The van der Waals surface area contributed by atoms with E-state index in [1.807, 2.05) is 13.8 Å². The third-order valence-corrected chi connectivity index (χ3v) is 1.43. The van der Waals surface area contributed by atoms with Crippen molar-refractivity contribution in [3.05, 3.63) is 35.4 Å². The number of nitrogens with two attached hydrogens (primary N) is 1. The van der Waals surface area contributed by atoms with Crippen LogP contribution in [0, 0.1) is 12.0 Å². The smallest absolute Gasteiger partial charge is 0.359 e. The van der Waals surface area contributed by atoms with Gasteiger partial charge in [-0.1, -0.05) is 13.8 Å². The van der Waals surface area contributed by atoms with Gasteiger partial charge in [0.05, 0.1) is 5.56 Å². The fourth-order valence-electron chi connectivity index (χ4n) is 0.826. The summed E-state index contributed by atoms with van der Waals surface area (Å²) in [4.78, 5) is 0. The van der Waals surface area contributed by atoms with Gasteiger partial charge in [-0.2, -0.15) is 13.2 Å². The molecule has 0 unspecified atom stereocenters. The van der Waals surface area contributed by atoms with Crippen molar-refractivity contribution in [3.8, 4) is 12.0 Å². The third kappa shape index (κ3) is 4.41. The summed E-state index contributed by atoms with van der Waals surface area (Å²) < 4.78 is 36.1. The van der Waals surface area contributed by atoms with Gasteiger partial charge < -0.3 is 5.73 Å². The Bertz CT molecular complexity index is 341. The van der Waals surface area contributed by atoms with Crippen molar-refractivity contribution in [2.45, 2.75) is 20.0 Å². The van der Waals surface area contributed by atoms with E-state index in [0.29, 0.717) is 5.56 Å². The molecule has 0 saturated carbocycles. The fraction of sp³-hybridized carbons (Fsp3) is 0.273. The first-order chi connectivity index (χ1) is 7.04. The maximum atomic E-state index is 12.0. The lowest BCUT2D eigenvalue weighted by molar-refractivity contribution is -0.137. The van der Waals surface area contributed by atoms with Gasteiger partial charge in [0.25, 0.3) is 0 Å². The molecule has 0 heterocycles. The molecule has 1 nitrogen and oxygen atoms in total. The standard InChI is InChI=1S/C9H6F3N.C2H6/c10-9(11,12)8-3-1-7(2-4-8)5-6-13;1-2/h1-4H,13H2;1-2H3. The Kier molecular flexibility index (Phi) is 5.32. The van der Waals surface area contributed by atoms with E-state index in [9.17, 15) is 13.2 Å². The summed E-state index contributed by atoms with van der Waals surface area (Å²) in [5, 5.41) is 0. The second kappa shape index (κ2) is 5.97. The van der Waals surface area contributed by atoms with E-state index in [1.54, 1.807) is 0 Å². The third-order valence-electron chi connectivity index (χ3n) is 1.43. The van der Waals surface area contributed by atoms with Crippen LogP contribution in [0.4, 0.5) is 13.2 Å². The molecule has 0 aliphatic rings. The summed E-state index contributed by atoms with van der Waals surface area (Å²) in [6, 6.07) is 6.62. The van der Waals surface area contributed by atoms with Crippen LogP contribution in [0.3, 0.4) is 0 Å². The van der Waals surface area contributed by atoms with Crippen molar-refractivity contribution in [2.24, 2.45) is 5.73 Å². The van der Waals surface area contributed by atoms with Gasteiger partial charge in [0, 0.05) is 11.6 Å². The highest BCUT2D eigenvalue weighted by Gasteiger charge is 2.29. The lowest BCUT2D eigenvalue weighted by atomic mass is 10.1. The molecule has 0 aliphatic carbocycles. The van der Waals surface area contributed by atoms with Crippen LogP contribution in [-0.4, -0.2) is 0 Å². The molecule has 4 heteroatoms. The van der Waals surface area contributed by atoms with E-state index in [0.717, 1.165) is 12.1 Å². The number of hydrogen-bond donors (Lipinski definition) is 1. The van der Waals surface area contributed by atoms with Crippen LogP contribution in [0.5, 0.6) is 0 Å². The number of alkyl halides is 3. The second-order valence-electron chi connectivity index (χ2n) is 2.34. The lowest BCUT2D eigenvalue weighted by Gasteiger charge is -2.05. The number of hydrogen-bond acceptors (Lipinski definition) is 1. The highest BCUT2D eigenvalue weighted by molar-refractivity contribution is 5.36. The SMILES string of the molecule is CC.NC#Cc1ccc(C(F)(F)F)cc1. The molecule has 0 aliphatic heterocycles. The summed E-state index contributed by atoms with van der Waals surface area (Å²) in [5.74, 6) is 2.45. The Morgan fingerprint density at radius 3 is 1.87 bits per heavy atom. The van der Waals surface area contributed by atoms with Crippen molar-refractivity contribution >= 4 is 0 Å². The molecule has 0 aromatic heterocycles. The molecule has 1 aromatic carbocycles. The van der Waals surface area contributed by atoms with E-state index in [1.165, 1.54) is 12.1 Å². The van der Waals surface area contributed by atoms with Gasteiger partial charge in [0.2, 0.25) is 0 Å². The minimum Gasteiger partial charge on any atom is -0.359 e. The quantitative estimate of drug-likeness (QED) is 0.522. The molecule has 0 bridgehead atoms. The van der Waals surface area contributed by atoms with Crippen molar-refractivity contribution in [2.75, 3.05) is 0 Å². The Morgan fingerprint density at radius 1 is 1.07 bits per heavy atom. The molecule has 2 N–H and O–H groups in total. The van der Waals surface area contributed by atoms with E-state index in [4.69, 9.17) is 5.73 Å². The number of benzene rings is 1. The highest BCUT2D eigenvalue weighted by atomic mass is 19.4. The van der Waals surface area contributed by atoms with Crippen molar-refractivity contribution < 1.29 is 13.2 Å². The van der Waals surface area contributed by atoms with E-state index >= 15 is 0 Å². The zero-order chi connectivity index (χ0) is 11.9. The topological polar surface area (TPSA) is 26.0 Å². The molecule has 0 radical (unpaired) electrons. The normalized spacial score (nSPS) is 9.40. The Morgan fingerprint density at radius 2 is 1.53 bits per heavy atom. The molecule has 0 fully saturated rings. The van der Waals surface area contributed by atoms with Gasteiger partial charge in [-0.05, 0) is 30.2 Å². The Labute approximate surface area is 87.1 Å². The summed E-state index contributed by atoms with van der Waals surface area (Å²) in [5.41, 5.74) is 4.68. The zero-order valence-corrected chi connectivity index (χ0v) is 8.52. The maximum absolute atomic E-state index is 12.0. The minimum absolute atomic E-state index is 0.468. The largest absolute Gasteiger partial charge is 0.416 e. The van der Waals surface area contributed by atoms with Crippen LogP contribution in [0.15, 0.2) is 24.3 Å². The molecular weight excluding hydrogens is 203 g/mol. The fourth-order valence-corrected chi connectivity index (χ4v) is 0.826. The van der Waals surface area contributed by atoms with Crippen LogP contribution in [0.1, 0.15) is 25.0 Å². The molecule has 15 heavy (non-hydrogen) atoms. The zero-order valence-electron chi connectivity index (χ0n) is 8.52. The predicted octanol–water partition coefficient (Wildman–Crippen LogP) is 3.00. The van der Waals surface area contributed by atoms with Crippen LogP contribution in [-0.2, 0) is 6.18 Å². The maximum Gasteiger partial charge on any atom is 0.416 e. The van der Waals surface area contributed by atoms with Crippen molar-refractivity contribution in [3.63, 3.8) is 0 Å². The molecule has 0 saturated heterocycles. The Balaban J connectivity index is 0.000000921. The van der Waals surface area contributed by atoms with Gasteiger partial charge in [-0.15, -0.1) is 0 Å². The van der Waals surface area contributed by atoms with Crippen LogP contribution in [0.25, 0.3) is 0 Å². The molecule has 1 aromatic rings. The van der Waals surface area contributed by atoms with Gasteiger partial charge >= 0.3 is 6.18 Å². The van der Waals surface area contributed by atoms with Crippen LogP contribution in [0.2, 0.25) is 0 Å². The molecule has 0 spiro atoms. The lowest BCUT2D eigenvalue weighted by Crippen LogP contribution is -2.04. The summed E-state index contributed by atoms with van der Waals surface area (Å²) >= 11 is 0. The first-order valence-electron chi connectivity index (χ1n) is 4.43. The van der Waals surface area contributed by atoms with Crippen LogP contribution < -0.4 is 5.73 Å². The molecule has 0 atom stereocenters. The van der Waals surface area contributed by atoms with Crippen molar-refractivity contribution in [1.82, 2.24) is 0 Å². The van der Waals surface area contributed by atoms with Gasteiger partial charge in [-0.3, -0.25) is 0 Å². The van der Waals surface area contributed by atoms with Gasteiger partial charge in [0.1, 0.15) is 0 Å². The average molecular weight is 215 g/mol. The Hall–Kier alpha value is -1.63. The monoisotopic (exact) mass is 215 g/mol. The van der Waals surface area contributed by atoms with Gasteiger partial charge in [0.15, 0.2) is 0 Å². The molecule has 0 amide bonds. The van der Waals surface area contributed by atoms with E-state index in [2.05, 4.69) is 12.0 Å². The molecular formula is C11H12F3N. The second-order valence-corrected chi connectivity index (χ2v) is 2.34. The summed E-state index contributed by atoms with van der Waals surface area (Å²) in [6.07, 6.45) is -4.30. The summed E-state index contributed by atoms with van der Waals surface area (Å²) in [6.45, 7) is 4.00. The first kappa shape index (κ1) is 13.4. The van der Waals surface area contributed by atoms with E-state index in [-0.39, 0.29) is 0 Å². The summed E-state index contributed by atoms with van der Waals surface area (Å²) in [7, 11) is 0. The predicted molar refractivity (Wildman–Crippen MR) is 53.9 cm³/mol. The van der Waals surface area contributed by atoms with Gasteiger partial charge in [-0.25, -0.2) is 0 Å². The first-order valence-corrected chi connectivity index (χ1v) is 4.43. The van der Waals surface area contributed by atoms with E-state index < -0.39 is 11.7 Å². The van der Waals surface area contributed by atoms with Crippen molar-refractivity contribution in [1.29, 1.82) is 0 Å². The minimum atomic E-state index is -4.30. The molecule has 82 valence electrons. The molecule has 1 rings (SSSR count). The number of halogens is 3. The van der Waals surface area contributed by atoms with Crippen LogP contribution >= 0.6 is 0 Å². The average Bonchev–Trinajstić information content (AvgIpc) is 2.21. The number of rotatable bonds is 0. The highest BCUT2D eigenvalue weighted by Crippen LogP contribution is 2.28.